The largest absolute Gasteiger partial charge is 0.472 e. The van der Waals surface area contributed by atoms with Gasteiger partial charge in [-0.05, 0) is 60.4 Å². The zero-order chi connectivity index (χ0) is 34.4. The molecule has 0 aliphatic carbocycles. The number of hydrogen-bond acceptors (Lipinski definition) is 8. The number of methoxy groups -OCH3 is 1. The van der Waals surface area contributed by atoms with E-state index in [4.69, 9.17) is 43.1 Å². The van der Waals surface area contributed by atoms with E-state index in [9.17, 15) is 9.59 Å². The smallest absolute Gasteiger partial charge is 0.340 e. The Kier molecular flexibility index (Phi) is 8.96. The van der Waals surface area contributed by atoms with Crippen molar-refractivity contribution in [3.8, 4) is 28.0 Å². The van der Waals surface area contributed by atoms with E-state index in [0.29, 0.717) is 47.0 Å². The minimum Gasteiger partial charge on any atom is -0.472 e. The fourth-order valence-corrected chi connectivity index (χ4v) is 7.65. The second kappa shape index (κ2) is 13.3. The van der Waals surface area contributed by atoms with Gasteiger partial charge in [-0.1, -0.05) is 47.5 Å². The number of nitrogen functional groups attached to an aromatic ring is 1. The second-order valence-corrected chi connectivity index (χ2v) is 13.1. The summed E-state index contributed by atoms with van der Waals surface area (Å²) in [5.41, 5.74) is 11.3. The van der Waals surface area contributed by atoms with E-state index in [1.165, 1.54) is 18.1 Å². The van der Waals surface area contributed by atoms with E-state index in [0.717, 1.165) is 24.0 Å². The van der Waals surface area contributed by atoms with Crippen LogP contribution >= 0.6 is 23.2 Å². The average molecular weight is 704 g/mol. The number of carbonyl (C=O) groups is 2. The fraction of sp³-hybridized carbons (Fsp3) is 0.270. The quantitative estimate of drug-likeness (QED) is 0.128. The lowest BCUT2D eigenvalue weighted by molar-refractivity contribution is 0.0515. The predicted molar refractivity (Wildman–Crippen MR) is 188 cm³/mol. The highest BCUT2D eigenvalue weighted by Gasteiger charge is 2.40. The molecule has 3 aliphatic rings. The first-order chi connectivity index (χ1) is 23.7. The third-order valence-electron chi connectivity index (χ3n) is 9.35. The van der Waals surface area contributed by atoms with E-state index in [1.54, 1.807) is 49.7 Å². The van der Waals surface area contributed by atoms with Crippen LogP contribution < -0.4 is 15.4 Å². The standard InChI is InChI=1S/C37H33Cl2FN4O5/c1-42-15-23-10-20(6-9-32(23)41)22-11-29(38)34(30(39)12-22)36(45)43-16-21-4-3-5-26(35(21)49-19-43)27-14-33(28(13-31(27)40)37(46)47-2)44-24-7-8-25(44)18-48-17-24/h3-6,9-15,24-25H,7-8,16-19,41H2,1-2H3. The molecule has 49 heavy (non-hydrogen) atoms. The fourth-order valence-electron chi connectivity index (χ4n) is 7.00. The number of morpholine rings is 1. The molecule has 2 N–H and O–H groups in total. The Hall–Kier alpha value is -4.64. The molecule has 2 unspecified atom stereocenters. The van der Waals surface area contributed by atoms with E-state index in [1.807, 2.05) is 18.2 Å². The summed E-state index contributed by atoms with van der Waals surface area (Å²) < 4.78 is 32.9. The highest BCUT2D eigenvalue weighted by atomic mass is 35.5. The molecule has 3 heterocycles. The zero-order valence-corrected chi connectivity index (χ0v) is 28.4. The summed E-state index contributed by atoms with van der Waals surface area (Å²) in [7, 11) is 2.95. The Labute approximate surface area is 293 Å². The van der Waals surface area contributed by atoms with Crippen LogP contribution in [0.3, 0.4) is 0 Å². The first kappa shape index (κ1) is 32.9. The normalized spacial score (nSPS) is 18.4. The number of para-hydroxylation sites is 1. The first-order valence-corrected chi connectivity index (χ1v) is 16.6. The molecular weight excluding hydrogens is 670 g/mol. The lowest BCUT2D eigenvalue weighted by atomic mass is 9.96. The van der Waals surface area contributed by atoms with Crippen LogP contribution in [-0.2, 0) is 16.0 Å². The number of halogens is 3. The summed E-state index contributed by atoms with van der Waals surface area (Å²) >= 11 is 13.4. The van der Waals surface area contributed by atoms with Gasteiger partial charge in [0.25, 0.3) is 5.91 Å². The molecule has 2 fully saturated rings. The van der Waals surface area contributed by atoms with Crippen LogP contribution in [0.4, 0.5) is 15.8 Å². The van der Waals surface area contributed by atoms with Crippen LogP contribution in [0.25, 0.3) is 22.3 Å². The van der Waals surface area contributed by atoms with Crippen molar-refractivity contribution in [1.29, 1.82) is 0 Å². The number of ether oxygens (including phenoxy) is 3. The molecule has 9 nitrogen and oxygen atoms in total. The first-order valence-electron chi connectivity index (χ1n) is 15.8. The van der Waals surface area contributed by atoms with Crippen molar-refractivity contribution in [1.82, 2.24) is 4.90 Å². The predicted octanol–water partition coefficient (Wildman–Crippen LogP) is 7.24. The second-order valence-electron chi connectivity index (χ2n) is 12.3. The number of esters is 1. The Balaban J connectivity index is 1.19. The highest BCUT2D eigenvalue weighted by molar-refractivity contribution is 6.40. The van der Waals surface area contributed by atoms with Crippen molar-refractivity contribution < 1.29 is 28.2 Å². The molecule has 4 aromatic carbocycles. The summed E-state index contributed by atoms with van der Waals surface area (Å²) in [6.45, 7) is 1.13. The van der Waals surface area contributed by atoms with Crippen LogP contribution in [0.15, 0.2) is 65.7 Å². The molecule has 0 aromatic heterocycles. The number of nitrogens with two attached hydrogens (primary N) is 1. The minimum atomic E-state index is -0.610. The van der Waals surface area contributed by atoms with Crippen LogP contribution in [-0.4, -0.2) is 69.2 Å². The van der Waals surface area contributed by atoms with E-state index >= 15 is 4.39 Å². The Morgan fingerprint density at radius 2 is 1.73 bits per heavy atom. The van der Waals surface area contributed by atoms with Gasteiger partial charge < -0.3 is 29.7 Å². The number of hydrogen-bond donors (Lipinski definition) is 1. The number of benzene rings is 4. The van der Waals surface area contributed by atoms with Gasteiger partial charge in [0.2, 0.25) is 0 Å². The van der Waals surface area contributed by atoms with Crippen LogP contribution in [0.5, 0.6) is 5.75 Å². The van der Waals surface area contributed by atoms with Gasteiger partial charge in [0, 0.05) is 41.2 Å². The van der Waals surface area contributed by atoms with Gasteiger partial charge in [0.1, 0.15) is 11.6 Å². The van der Waals surface area contributed by atoms with Crippen molar-refractivity contribution in [2.24, 2.45) is 4.99 Å². The number of carbonyl (C=O) groups excluding carboxylic acids is 2. The molecule has 2 bridgehead atoms. The lowest BCUT2D eigenvalue weighted by Crippen LogP contribution is -2.46. The third-order valence-corrected chi connectivity index (χ3v) is 9.95. The molecule has 4 aromatic rings. The Morgan fingerprint density at radius 1 is 1.00 bits per heavy atom. The van der Waals surface area contributed by atoms with Crippen LogP contribution in [0.2, 0.25) is 10.0 Å². The third kappa shape index (κ3) is 5.98. The molecule has 3 aliphatic heterocycles. The maximum Gasteiger partial charge on any atom is 0.340 e. The number of amides is 1. The number of rotatable bonds is 6. The molecule has 252 valence electrons. The van der Waals surface area contributed by atoms with Gasteiger partial charge in [-0.15, -0.1) is 0 Å². The van der Waals surface area contributed by atoms with Crippen LogP contribution in [0, 0.1) is 5.82 Å². The van der Waals surface area contributed by atoms with Gasteiger partial charge in [0.15, 0.2) is 6.73 Å². The van der Waals surface area contributed by atoms with E-state index < -0.39 is 17.7 Å². The summed E-state index contributed by atoms with van der Waals surface area (Å²) in [6.07, 6.45) is 3.50. The Bertz CT molecular complexity index is 1980. The molecule has 1 amide bonds. The minimum absolute atomic E-state index is 0.0770. The van der Waals surface area contributed by atoms with E-state index in [-0.39, 0.29) is 52.1 Å². The van der Waals surface area contributed by atoms with Crippen molar-refractivity contribution in [2.45, 2.75) is 31.5 Å². The maximum absolute atomic E-state index is 15.9. The number of anilines is 2. The average Bonchev–Trinajstić information content (AvgIpc) is 3.34. The van der Waals surface area contributed by atoms with Gasteiger partial charge in [-0.2, -0.15) is 0 Å². The topological polar surface area (TPSA) is 107 Å². The SMILES string of the molecule is CN=Cc1cc(-c2cc(Cl)c(C(=O)N3COc4c(cccc4-c4cc(N5C6CCC5COC6)c(C(=O)OC)cc4F)C3)c(Cl)c2)ccc1N. The van der Waals surface area contributed by atoms with Crippen molar-refractivity contribution in [2.75, 3.05) is 44.7 Å². The van der Waals surface area contributed by atoms with Crippen molar-refractivity contribution >= 4 is 52.7 Å². The van der Waals surface area contributed by atoms with Gasteiger partial charge in [-0.25, -0.2) is 9.18 Å². The summed E-state index contributed by atoms with van der Waals surface area (Å²) in [4.78, 5) is 34.4. The maximum atomic E-state index is 15.9. The summed E-state index contributed by atoms with van der Waals surface area (Å²) in [5, 5.41) is 0.374. The molecule has 0 saturated carbocycles. The summed E-state index contributed by atoms with van der Waals surface area (Å²) in [6, 6.07) is 17.3. The molecule has 0 radical (unpaired) electrons. The van der Waals surface area contributed by atoms with E-state index in [2.05, 4.69) is 9.89 Å². The molecule has 2 atom stereocenters. The monoisotopic (exact) mass is 702 g/mol. The number of nitrogens with zero attached hydrogens (tertiary/aromatic N) is 3. The summed E-state index contributed by atoms with van der Waals surface area (Å²) in [5.74, 6) is -1.16. The highest BCUT2D eigenvalue weighted by Crippen LogP contribution is 2.43. The molecule has 0 spiro atoms. The van der Waals surface area contributed by atoms with Crippen LogP contribution in [0.1, 0.15) is 44.7 Å². The van der Waals surface area contributed by atoms with Gasteiger partial charge in [0.05, 0.1) is 65.8 Å². The van der Waals surface area contributed by atoms with Crippen molar-refractivity contribution in [3.05, 3.63) is 98.8 Å². The lowest BCUT2D eigenvalue weighted by Gasteiger charge is -2.37. The number of aliphatic imine (C=N–C) groups is 1. The van der Waals surface area contributed by atoms with Gasteiger partial charge >= 0.3 is 5.97 Å². The molecule has 2 saturated heterocycles. The van der Waals surface area contributed by atoms with Gasteiger partial charge in [-0.3, -0.25) is 9.79 Å². The molecule has 7 rings (SSSR count). The molecular formula is C37H33Cl2FN4O5. The number of fused-ring (bicyclic) bond motifs is 3. The van der Waals surface area contributed by atoms with Crippen molar-refractivity contribution in [3.63, 3.8) is 0 Å². The zero-order valence-electron chi connectivity index (χ0n) is 26.8. The molecule has 12 heteroatoms. The Morgan fingerprint density at radius 3 is 2.43 bits per heavy atom.